The van der Waals surface area contributed by atoms with E-state index in [0.29, 0.717) is 5.88 Å². The molecule has 0 fully saturated rings. The lowest BCUT2D eigenvalue weighted by molar-refractivity contribution is 0.584. The number of anilines is 1. The predicted molar refractivity (Wildman–Crippen MR) is 45.0 cm³/mol. The van der Waals surface area contributed by atoms with Crippen molar-refractivity contribution in [2.45, 2.75) is 6.92 Å². The molecular weight excluding hydrogens is 140 g/mol. The van der Waals surface area contributed by atoms with E-state index >= 15 is 0 Å². The minimum Gasteiger partial charge on any atom is -0.448 e. The monoisotopic (exact) mass is 150 g/mol. The average molecular weight is 150 g/mol. The van der Waals surface area contributed by atoms with Crippen LogP contribution in [-0.2, 0) is 0 Å². The molecule has 0 saturated carbocycles. The van der Waals surface area contributed by atoms with Gasteiger partial charge >= 0.3 is 0 Å². The molecule has 0 spiro atoms. The Bertz CT molecular complexity index is 263. The van der Waals surface area contributed by atoms with Crippen molar-refractivity contribution in [3.63, 3.8) is 0 Å². The van der Waals surface area contributed by atoms with E-state index in [9.17, 15) is 0 Å². The van der Waals surface area contributed by atoms with Gasteiger partial charge in [0.05, 0.1) is 11.8 Å². The van der Waals surface area contributed by atoms with Crippen LogP contribution in [0.15, 0.2) is 29.0 Å². The number of rotatable bonds is 3. The average Bonchev–Trinajstić information content (AvgIpc) is 2.47. The van der Waals surface area contributed by atoms with E-state index < -0.39 is 0 Å². The molecule has 0 bridgehead atoms. The third-order valence-electron chi connectivity index (χ3n) is 1.23. The van der Waals surface area contributed by atoms with Crippen molar-refractivity contribution >= 4 is 12.1 Å². The van der Waals surface area contributed by atoms with Crippen molar-refractivity contribution in [2.24, 2.45) is 0 Å². The van der Waals surface area contributed by atoms with Gasteiger partial charge in [0, 0.05) is 6.21 Å². The van der Waals surface area contributed by atoms with Crippen molar-refractivity contribution in [1.29, 1.82) is 5.41 Å². The fraction of sp³-hybridized carbons (Fsp3) is 0.125. The van der Waals surface area contributed by atoms with Gasteiger partial charge in [0.2, 0.25) is 5.88 Å². The summed E-state index contributed by atoms with van der Waals surface area (Å²) in [5.41, 5.74) is 0.753. The lowest BCUT2D eigenvalue weighted by Crippen LogP contribution is -1.87. The lowest BCUT2D eigenvalue weighted by atomic mass is 10.3. The molecule has 0 unspecified atom stereocenters. The molecule has 0 aliphatic carbocycles. The molecule has 1 heterocycles. The van der Waals surface area contributed by atoms with Crippen LogP contribution in [0.4, 0.5) is 5.88 Å². The van der Waals surface area contributed by atoms with Crippen LogP contribution in [0.25, 0.3) is 0 Å². The molecule has 1 rings (SSSR count). The van der Waals surface area contributed by atoms with Crippen LogP contribution < -0.4 is 5.32 Å². The van der Waals surface area contributed by atoms with Crippen LogP contribution in [0.5, 0.6) is 0 Å². The molecule has 0 saturated heterocycles. The SMILES string of the molecule is C/C=C/Nc1occc1C=N. The first-order chi connectivity index (χ1) is 5.38. The second-order valence-electron chi connectivity index (χ2n) is 1.99. The summed E-state index contributed by atoms with van der Waals surface area (Å²) in [4.78, 5) is 0. The fourth-order valence-corrected chi connectivity index (χ4v) is 0.709. The first-order valence-electron chi connectivity index (χ1n) is 3.34. The molecule has 0 aliphatic heterocycles. The van der Waals surface area contributed by atoms with Crippen molar-refractivity contribution in [3.8, 4) is 0 Å². The summed E-state index contributed by atoms with van der Waals surface area (Å²) < 4.78 is 5.04. The largest absolute Gasteiger partial charge is 0.448 e. The third-order valence-corrected chi connectivity index (χ3v) is 1.23. The number of furan rings is 1. The Morgan fingerprint density at radius 2 is 2.45 bits per heavy atom. The van der Waals surface area contributed by atoms with Gasteiger partial charge in [-0.1, -0.05) is 6.08 Å². The molecule has 11 heavy (non-hydrogen) atoms. The Labute approximate surface area is 65.2 Å². The van der Waals surface area contributed by atoms with Crippen molar-refractivity contribution in [2.75, 3.05) is 5.32 Å². The van der Waals surface area contributed by atoms with Crippen molar-refractivity contribution in [3.05, 3.63) is 30.2 Å². The number of nitrogens with one attached hydrogen (secondary N) is 2. The summed E-state index contributed by atoms with van der Waals surface area (Å²) in [5, 5.41) is 9.88. The summed E-state index contributed by atoms with van der Waals surface area (Å²) in [6.45, 7) is 1.90. The van der Waals surface area contributed by atoms with Crippen LogP contribution in [0.2, 0.25) is 0 Å². The molecule has 1 aromatic heterocycles. The van der Waals surface area contributed by atoms with Gasteiger partial charge in [-0.05, 0) is 19.2 Å². The molecule has 58 valence electrons. The molecule has 0 aliphatic rings. The molecule has 0 radical (unpaired) electrons. The van der Waals surface area contributed by atoms with Gasteiger partial charge in [-0.2, -0.15) is 0 Å². The standard InChI is InChI=1S/C8H10N2O/c1-2-4-10-8-7(6-9)3-5-11-8/h2-6,9-10H,1H3/b4-2+,9-6?. The maximum Gasteiger partial charge on any atom is 0.205 e. The summed E-state index contributed by atoms with van der Waals surface area (Å²) in [7, 11) is 0. The number of hydrogen-bond donors (Lipinski definition) is 2. The zero-order valence-corrected chi connectivity index (χ0v) is 6.29. The summed E-state index contributed by atoms with van der Waals surface area (Å²) in [5.74, 6) is 0.609. The first kappa shape index (κ1) is 7.60. The number of hydrogen-bond acceptors (Lipinski definition) is 3. The Hall–Kier alpha value is -1.51. The lowest BCUT2D eigenvalue weighted by Gasteiger charge is -1.94. The summed E-state index contributed by atoms with van der Waals surface area (Å²) >= 11 is 0. The summed E-state index contributed by atoms with van der Waals surface area (Å²) in [6, 6.07) is 1.73. The van der Waals surface area contributed by atoms with Gasteiger partial charge < -0.3 is 15.1 Å². The zero-order valence-electron chi connectivity index (χ0n) is 6.29. The topological polar surface area (TPSA) is 49.0 Å². The molecule has 3 nitrogen and oxygen atoms in total. The van der Waals surface area contributed by atoms with Crippen LogP contribution in [-0.4, -0.2) is 6.21 Å². The van der Waals surface area contributed by atoms with Gasteiger partial charge in [0.1, 0.15) is 0 Å². The highest BCUT2D eigenvalue weighted by atomic mass is 16.3. The minimum atomic E-state index is 0.609. The highest BCUT2D eigenvalue weighted by Gasteiger charge is 1.98. The Balaban J connectivity index is 2.76. The molecule has 0 amide bonds. The summed E-state index contributed by atoms with van der Waals surface area (Å²) in [6.07, 6.45) is 6.41. The molecule has 2 N–H and O–H groups in total. The Morgan fingerprint density at radius 3 is 3.09 bits per heavy atom. The first-order valence-corrected chi connectivity index (χ1v) is 3.34. The maximum absolute atomic E-state index is 6.99. The molecule has 0 aromatic carbocycles. The van der Waals surface area contributed by atoms with Crippen LogP contribution in [0.1, 0.15) is 12.5 Å². The van der Waals surface area contributed by atoms with Crippen molar-refractivity contribution < 1.29 is 4.42 Å². The predicted octanol–water partition coefficient (Wildman–Crippen LogP) is 2.22. The van der Waals surface area contributed by atoms with Gasteiger partial charge in [-0.3, -0.25) is 0 Å². The maximum atomic E-state index is 6.99. The quantitative estimate of drug-likeness (QED) is 0.649. The van der Waals surface area contributed by atoms with Gasteiger partial charge in [-0.15, -0.1) is 0 Å². The van der Waals surface area contributed by atoms with Gasteiger partial charge in [0.25, 0.3) is 0 Å². The van der Waals surface area contributed by atoms with E-state index in [4.69, 9.17) is 9.83 Å². The van der Waals surface area contributed by atoms with E-state index in [1.165, 1.54) is 6.21 Å². The van der Waals surface area contributed by atoms with Crippen LogP contribution in [0, 0.1) is 5.41 Å². The van der Waals surface area contributed by atoms with Crippen molar-refractivity contribution in [1.82, 2.24) is 0 Å². The Morgan fingerprint density at radius 1 is 1.64 bits per heavy atom. The fourth-order valence-electron chi connectivity index (χ4n) is 0.709. The number of allylic oxidation sites excluding steroid dienone is 1. The third kappa shape index (κ3) is 1.70. The van der Waals surface area contributed by atoms with E-state index in [2.05, 4.69) is 5.32 Å². The van der Waals surface area contributed by atoms with E-state index in [-0.39, 0.29) is 0 Å². The highest BCUT2D eigenvalue weighted by molar-refractivity contribution is 5.83. The molecule has 3 heteroatoms. The molecule has 0 atom stereocenters. The highest BCUT2D eigenvalue weighted by Crippen LogP contribution is 2.13. The van der Waals surface area contributed by atoms with Gasteiger partial charge in [0.15, 0.2) is 0 Å². The zero-order chi connectivity index (χ0) is 8.10. The second-order valence-corrected chi connectivity index (χ2v) is 1.99. The smallest absolute Gasteiger partial charge is 0.205 e. The van der Waals surface area contributed by atoms with E-state index in [1.54, 1.807) is 18.5 Å². The van der Waals surface area contributed by atoms with Crippen LogP contribution in [0.3, 0.4) is 0 Å². The second kappa shape index (κ2) is 3.61. The van der Waals surface area contributed by atoms with Gasteiger partial charge in [-0.25, -0.2) is 0 Å². The Kier molecular flexibility index (Phi) is 2.49. The van der Waals surface area contributed by atoms with E-state index in [1.807, 2.05) is 13.0 Å². The minimum absolute atomic E-state index is 0.609. The normalized spacial score (nSPS) is 10.3. The van der Waals surface area contributed by atoms with Crippen LogP contribution >= 0.6 is 0 Å². The molecule has 1 aromatic rings. The van der Waals surface area contributed by atoms with E-state index in [0.717, 1.165) is 5.56 Å². The molecular formula is C8H10N2O.